The van der Waals surface area contributed by atoms with E-state index in [4.69, 9.17) is 17.3 Å². The molecular formula is C15H23ClFN3. The summed E-state index contributed by atoms with van der Waals surface area (Å²) in [6.07, 6.45) is 1.18. The van der Waals surface area contributed by atoms with Crippen LogP contribution in [0.1, 0.15) is 24.9 Å². The summed E-state index contributed by atoms with van der Waals surface area (Å²) in [6, 6.07) is 5.08. The molecule has 1 saturated heterocycles. The third kappa shape index (κ3) is 3.70. The van der Waals surface area contributed by atoms with E-state index >= 15 is 0 Å². The van der Waals surface area contributed by atoms with E-state index in [2.05, 4.69) is 16.7 Å². The summed E-state index contributed by atoms with van der Waals surface area (Å²) in [5, 5.41) is 0.164. The molecule has 0 amide bonds. The summed E-state index contributed by atoms with van der Waals surface area (Å²) in [4.78, 5) is 4.81. The van der Waals surface area contributed by atoms with Crippen molar-refractivity contribution in [2.24, 2.45) is 5.73 Å². The van der Waals surface area contributed by atoms with Gasteiger partial charge >= 0.3 is 0 Å². The quantitative estimate of drug-likeness (QED) is 0.907. The number of hydrogen-bond donors (Lipinski definition) is 1. The van der Waals surface area contributed by atoms with Crippen molar-refractivity contribution in [2.45, 2.75) is 19.4 Å². The van der Waals surface area contributed by atoms with E-state index in [9.17, 15) is 4.39 Å². The van der Waals surface area contributed by atoms with Crippen LogP contribution in [0.5, 0.6) is 0 Å². The monoisotopic (exact) mass is 299 g/mol. The molecule has 1 heterocycles. The summed E-state index contributed by atoms with van der Waals surface area (Å²) in [5.74, 6) is -0.368. The summed E-state index contributed by atoms with van der Waals surface area (Å²) >= 11 is 5.74. The normalized spacial score (nSPS) is 19.2. The Morgan fingerprint density at radius 1 is 1.30 bits per heavy atom. The molecule has 0 aromatic heterocycles. The van der Waals surface area contributed by atoms with E-state index in [1.807, 2.05) is 6.07 Å². The van der Waals surface area contributed by atoms with Crippen LogP contribution in [0.2, 0.25) is 5.02 Å². The Balaban J connectivity index is 2.03. The maximum absolute atomic E-state index is 13.6. The number of rotatable bonds is 5. The van der Waals surface area contributed by atoms with Crippen molar-refractivity contribution in [3.05, 3.63) is 34.6 Å². The molecule has 1 aromatic carbocycles. The number of halogens is 2. The number of nitrogens with zero attached hydrogens (tertiary/aromatic N) is 2. The van der Waals surface area contributed by atoms with E-state index in [1.54, 1.807) is 6.07 Å². The number of piperazine rings is 1. The smallest absolute Gasteiger partial charge is 0.142 e. The van der Waals surface area contributed by atoms with E-state index in [1.165, 1.54) is 12.5 Å². The fraction of sp³-hybridized carbons (Fsp3) is 0.600. The second kappa shape index (κ2) is 7.36. The lowest BCUT2D eigenvalue weighted by molar-refractivity contribution is 0.0984. The summed E-state index contributed by atoms with van der Waals surface area (Å²) in [6.45, 7) is 7.91. The summed E-state index contributed by atoms with van der Waals surface area (Å²) in [7, 11) is 0. The summed E-state index contributed by atoms with van der Waals surface area (Å²) < 4.78 is 13.6. The van der Waals surface area contributed by atoms with Gasteiger partial charge in [0.1, 0.15) is 5.82 Å². The van der Waals surface area contributed by atoms with Gasteiger partial charge in [-0.15, -0.1) is 0 Å². The van der Waals surface area contributed by atoms with Crippen molar-refractivity contribution in [1.82, 2.24) is 9.80 Å². The maximum Gasteiger partial charge on any atom is 0.142 e. The van der Waals surface area contributed by atoms with Crippen LogP contribution in [0, 0.1) is 5.82 Å². The van der Waals surface area contributed by atoms with Crippen molar-refractivity contribution < 1.29 is 4.39 Å². The van der Waals surface area contributed by atoms with Gasteiger partial charge in [-0.05, 0) is 30.7 Å². The molecule has 0 radical (unpaired) electrons. The molecule has 0 saturated carbocycles. The lowest BCUT2D eigenvalue weighted by atomic mass is 10.0. The predicted molar refractivity (Wildman–Crippen MR) is 81.5 cm³/mol. The van der Waals surface area contributed by atoms with Gasteiger partial charge in [-0.3, -0.25) is 4.90 Å². The average Bonchev–Trinajstić information content (AvgIpc) is 2.46. The highest BCUT2D eigenvalue weighted by Gasteiger charge is 2.24. The Labute approximate surface area is 125 Å². The van der Waals surface area contributed by atoms with Crippen molar-refractivity contribution in [1.29, 1.82) is 0 Å². The van der Waals surface area contributed by atoms with Crippen molar-refractivity contribution >= 4 is 11.6 Å². The first-order chi connectivity index (χ1) is 9.65. The molecule has 0 spiro atoms. The Bertz CT molecular complexity index is 433. The minimum atomic E-state index is -0.368. The largest absolute Gasteiger partial charge is 0.329 e. The van der Waals surface area contributed by atoms with Gasteiger partial charge in [0.25, 0.3) is 0 Å². The maximum atomic E-state index is 13.6. The molecule has 1 aliphatic heterocycles. The highest BCUT2D eigenvalue weighted by molar-refractivity contribution is 6.30. The van der Waals surface area contributed by atoms with Gasteiger partial charge in [0, 0.05) is 38.8 Å². The zero-order valence-corrected chi connectivity index (χ0v) is 12.7. The molecule has 0 bridgehead atoms. The zero-order valence-electron chi connectivity index (χ0n) is 12.0. The lowest BCUT2D eigenvalue weighted by Gasteiger charge is -2.39. The highest BCUT2D eigenvalue weighted by atomic mass is 35.5. The molecule has 1 fully saturated rings. The predicted octanol–water partition coefficient (Wildman–Crippen LogP) is 2.51. The van der Waals surface area contributed by atoms with Crippen molar-refractivity contribution in [2.75, 3.05) is 39.3 Å². The SMILES string of the molecule is CCCN1CCN(C(CN)c2ccc(Cl)c(F)c2)CC1. The van der Waals surface area contributed by atoms with Gasteiger partial charge in [-0.25, -0.2) is 4.39 Å². The van der Waals surface area contributed by atoms with Crippen molar-refractivity contribution in [3.63, 3.8) is 0 Å². The molecule has 20 heavy (non-hydrogen) atoms. The van der Waals surface area contributed by atoms with Crippen LogP contribution in [-0.2, 0) is 0 Å². The molecule has 2 rings (SSSR count). The Morgan fingerprint density at radius 3 is 2.55 bits per heavy atom. The van der Waals surface area contributed by atoms with Gasteiger partial charge < -0.3 is 10.6 Å². The third-order valence-electron chi connectivity index (χ3n) is 3.94. The Hall–Kier alpha value is -0.680. The van der Waals surface area contributed by atoms with Crippen LogP contribution in [0.25, 0.3) is 0 Å². The zero-order chi connectivity index (χ0) is 14.5. The van der Waals surface area contributed by atoms with Crippen LogP contribution >= 0.6 is 11.6 Å². The fourth-order valence-corrected chi connectivity index (χ4v) is 2.95. The van der Waals surface area contributed by atoms with Crippen molar-refractivity contribution in [3.8, 4) is 0 Å². The van der Waals surface area contributed by atoms with Gasteiger partial charge in [-0.2, -0.15) is 0 Å². The molecule has 0 aliphatic carbocycles. The van der Waals surface area contributed by atoms with Crippen LogP contribution in [0.3, 0.4) is 0 Å². The number of hydrogen-bond acceptors (Lipinski definition) is 3. The van der Waals surface area contributed by atoms with Crippen LogP contribution in [-0.4, -0.2) is 49.1 Å². The van der Waals surface area contributed by atoms with E-state index in [0.29, 0.717) is 6.54 Å². The third-order valence-corrected chi connectivity index (χ3v) is 4.25. The topological polar surface area (TPSA) is 32.5 Å². The summed E-state index contributed by atoms with van der Waals surface area (Å²) in [5.41, 5.74) is 6.82. The lowest BCUT2D eigenvalue weighted by Crippen LogP contribution is -2.49. The van der Waals surface area contributed by atoms with Gasteiger partial charge in [0.2, 0.25) is 0 Å². The number of benzene rings is 1. The molecule has 3 nitrogen and oxygen atoms in total. The standard InChI is InChI=1S/C15H23ClFN3/c1-2-5-19-6-8-20(9-7-19)15(11-18)12-3-4-13(16)14(17)10-12/h3-4,10,15H,2,5-9,11,18H2,1H3. The van der Waals surface area contributed by atoms with Crippen LogP contribution in [0.4, 0.5) is 4.39 Å². The Morgan fingerprint density at radius 2 is 2.00 bits per heavy atom. The van der Waals surface area contributed by atoms with Crippen LogP contribution < -0.4 is 5.73 Å². The van der Waals surface area contributed by atoms with Crippen LogP contribution in [0.15, 0.2) is 18.2 Å². The van der Waals surface area contributed by atoms with Gasteiger partial charge in [0.15, 0.2) is 0 Å². The second-order valence-corrected chi connectivity index (χ2v) is 5.71. The van der Waals surface area contributed by atoms with E-state index in [-0.39, 0.29) is 16.9 Å². The fourth-order valence-electron chi connectivity index (χ4n) is 2.83. The molecule has 1 atom stereocenters. The molecule has 1 aromatic rings. The average molecular weight is 300 g/mol. The minimum absolute atomic E-state index is 0.0746. The Kier molecular flexibility index (Phi) is 5.78. The van der Waals surface area contributed by atoms with Gasteiger partial charge in [0.05, 0.1) is 5.02 Å². The first-order valence-corrected chi connectivity index (χ1v) is 7.65. The highest BCUT2D eigenvalue weighted by Crippen LogP contribution is 2.25. The van der Waals surface area contributed by atoms with Gasteiger partial charge in [-0.1, -0.05) is 24.6 Å². The molecule has 5 heteroatoms. The molecule has 1 unspecified atom stereocenters. The van der Waals surface area contributed by atoms with E-state index in [0.717, 1.165) is 38.3 Å². The number of nitrogens with two attached hydrogens (primary N) is 1. The second-order valence-electron chi connectivity index (χ2n) is 5.30. The molecule has 2 N–H and O–H groups in total. The first-order valence-electron chi connectivity index (χ1n) is 7.27. The molecular weight excluding hydrogens is 277 g/mol. The molecule has 112 valence electrons. The molecule has 1 aliphatic rings. The van der Waals surface area contributed by atoms with E-state index < -0.39 is 0 Å². The first kappa shape index (κ1) is 15.7. The minimum Gasteiger partial charge on any atom is -0.329 e.